The van der Waals surface area contributed by atoms with Crippen LogP contribution >= 0.6 is 0 Å². The van der Waals surface area contributed by atoms with Crippen molar-refractivity contribution in [3.8, 4) is 0 Å². The van der Waals surface area contributed by atoms with Gasteiger partial charge >= 0.3 is 0 Å². The summed E-state index contributed by atoms with van der Waals surface area (Å²) >= 11 is 0. The number of hydrogen-bond donors (Lipinski definition) is 7. The van der Waals surface area contributed by atoms with Crippen molar-refractivity contribution in [1.29, 1.82) is 5.41 Å². The van der Waals surface area contributed by atoms with Crippen LogP contribution in [-0.4, -0.2) is 66.3 Å². The van der Waals surface area contributed by atoms with E-state index >= 15 is 0 Å². The van der Waals surface area contributed by atoms with E-state index in [9.17, 15) is 15.0 Å². The summed E-state index contributed by atoms with van der Waals surface area (Å²) in [5.74, 6) is -0.607. The Labute approximate surface area is 116 Å². The highest BCUT2D eigenvalue weighted by atomic mass is 16.6. The SMILES string of the molecule is N=C(N)c1nnn(C2OC(CO)C(O)C2O)c(=O)c1NO. The molecule has 0 aromatic carbocycles. The lowest BCUT2D eigenvalue weighted by Gasteiger charge is -2.16. The topological polar surface area (TPSA) is 200 Å². The van der Waals surface area contributed by atoms with Gasteiger partial charge in [-0.1, -0.05) is 5.21 Å². The lowest BCUT2D eigenvalue weighted by Crippen LogP contribution is -2.38. The molecule has 1 aliphatic heterocycles. The van der Waals surface area contributed by atoms with E-state index in [-0.39, 0.29) is 5.69 Å². The molecule has 1 saturated heterocycles. The van der Waals surface area contributed by atoms with Crippen molar-refractivity contribution in [2.45, 2.75) is 24.5 Å². The third-order valence-electron chi connectivity index (χ3n) is 3.02. The molecular formula is C9H14N6O6. The fraction of sp³-hybridized carbons (Fsp3) is 0.556. The van der Waals surface area contributed by atoms with Crippen LogP contribution in [0, 0.1) is 5.41 Å². The van der Waals surface area contributed by atoms with Gasteiger partial charge in [-0.3, -0.25) is 20.9 Å². The number of nitrogens with one attached hydrogen (secondary N) is 2. The minimum absolute atomic E-state index is 0.384. The van der Waals surface area contributed by atoms with Crippen LogP contribution in [-0.2, 0) is 4.74 Å². The molecule has 2 rings (SSSR count). The summed E-state index contributed by atoms with van der Waals surface area (Å²) in [6.07, 6.45) is -5.47. The van der Waals surface area contributed by atoms with Gasteiger partial charge in [-0.05, 0) is 0 Å². The molecule has 8 N–H and O–H groups in total. The molecule has 4 atom stereocenters. The molecule has 1 aromatic heterocycles. The van der Waals surface area contributed by atoms with Gasteiger partial charge in [0.05, 0.1) is 6.61 Å². The number of rotatable bonds is 4. The minimum atomic E-state index is -1.54. The number of aromatic nitrogens is 3. The first-order chi connectivity index (χ1) is 9.92. The Morgan fingerprint density at radius 1 is 1.48 bits per heavy atom. The van der Waals surface area contributed by atoms with Gasteiger partial charge in [0.15, 0.2) is 17.6 Å². The van der Waals surface area contributed by atoms with E-state index in [0.29, 0.717) is 4.68 Å². The number of aliphatic hydroxyl groups is 3. The van der Waals surface area contributed by atoms with Crippen LogP contribution < -0.4 is 16.8 Å². The van der Waals surface area contributed by atoms with E-state index in [4.69, 9.17) is 26.2 Å². The second kappa shape index (κ2) is 5.71. The maximum absolute atomic E-state index is 12.1. The molecule has 0 spiro atoms. The standard InChI is InChI=1S/C9H14N6O6/c10-7(11)3-4(13-20)8(19)15(14-12-3)9-6(18)5(17)2(1-16)21-9/h2,5-6,9,13,16-18,20H,1H2,(H3,10,11). The van der Waals surface area contributed by atoms with E-state index in [1.54, 1.807) is 5.48 Å². The van der Waals surface area contributed by atoms with Crippen LogP contribution in [0.5, 0.6) is 0 Å². The second-order valence-corrected chi connectivity index (χ2v) is 4.32. The second-order valence-electron chi connectivity index (χ2n) is 4.32. The summed E-state index contributed by atoms with van der Waals surface area (Å²) in [5, 5.41) is 51.5. The lowest BCUT2D eigenvalue weighted by molar-refractivity contribution is -0.0622. The predicted molar refractivity (Wildman–Crippen MR) is 65.7 cm³/mol. The summed E-state index contributed by atoms with van der Waals surface area (Å²) in [7, 11) is 0. The van der Waals surface area contributed by atoms with Crippen molar-refractivity contribution in [3.05, 3.63) is 16.0 Å². The summed E-state index contributed by atoms with van der Waals surface area (Å²) in [6, 6.07) is 0. The summed E-state index contributed by atoms with van der Waals surface area (Å²) in [4.78, 5) is 12.1. The average Bonchev–Trinajstić information content (AvgIpc) is 2.74. The number of ether oxygens (including phenoxy) is 1. The molecule has 12 nitrogen and oxygen atoms in total. The summed E-state index contributed by atoms with van der Waals surface area (Å²) < 4.78 is 5.68. The zero-order valence-corrected chi connectivity index (χ0v) is 10.5. The van der Waals surface area contributed by atoms with Crippen LogP contribution in [0.3, 0.4) is 0 Å². The fourth-order valence-corrected chi connectivity index (χ4v) is 1.94. The van der Waals surface area contributed by atoms with E-state index < -0.39 is 48.2 Å². The summed E-state index contributed by atoms with van der Waals surface area (Å²) in [6.45, 7) is -0.576. The Bertz CT molecular complexity index is 605. The van der Waals surface area contributed by atoms with Crippen molar-refractivity contribution in [2.24, 2.45) is 5.73 Å². The normalized spacial score (nSPS) is 28.6. The molecule has 0 saturated carbocycles. The Morgan fingerprint density at radius 3 is 2.62 bits per heavy atom. The first-order valence-corrected chi connectivity index (χ1v) is 5.78. The first-order valence-electron chi connectivity index (χ1n) is 5.78. The van der Waals surface area contributed by atoms with E-state index in [0.717, 1.165) is 0 Å². The predicted octanol–water partition coefficient (Wildman–Crippen LogP) is -3.67. The molecule has 0 amide bonds. The number of nitrogens with two attached hydrogens (primary N) is 1. The van der Waals surface area contributed by atoms with Crippen LogP contribution in [0.4, 0.5) is 5.69 Å². The molecule has 1 fully saturated rings. The molecule has 0 radical (unpaired) electrons. The van der Waals surface area contributed by atoms with Gasteiger partial charge in [0.2, 0.25) is 0 Å². The smallest absolute Gasteiger partial charge is 0.298 e. The maximum Gasteiger partial charge on any atom is 0.298 e. The number of nitrogens with zero attached hydrogens (tertiary/aromatic N) is 3. The molecule has 21 heavy (non-hydrogen) atoms. The largest absolute Gasteiger partial charge is 0.394 e. The Morgan fingerprint density at radius 2 is 2.14 bits per heavy atom. The number of aliphatic hydroxyl groups excluding tert-OH is 3. The number of amidine groups is 1. The van der Waals surface area contributed by atoms with Gasteiger partial charge in [-0.25, -0.2) is 0 Å². The summed E-state index contributed by atoms with van der Waals surface area (Å²) in [5.41, 5.74) is 4.84. The molecule has 4 unspecified atom stereocenters. The van der Waals surface area contributed by atoms with E-state index in [1.165, 1.54) is 0 Å². The molecule has 2 heterocycles. The van der Waals surface area contributed by atoms with Gasteiger partial charge in [0.1, 0.15) is 24.1 Å². The molecule has 1 aliphatic rings. The quantitative estimate of drug-likeness (QED) is 0.165. The third-order valence-corrected chi connectivity index (χ3v) is 3.02. The molecule has 0 aliphatic carbocycles. The van der Waals surface area contributed by atoms with Crippen LogP contribution in [0.15, 0.2) is 4.79 Å². The monoisotopic (exact) mass is 302 g/mol. The zero-order valence-electron chi connectivity index (χ0n) is 10.5. The van der Waals surface area contributed by atoms with Crippen molar-refractivity contribution in [3.63, 3.8) is 0 Å². The van der Waals surface area contributed by atoms with Crippen molar-refractivity contribution < 1.29 is 25.3 Å². The highest BCUT2D eigenvalue weighted by molar-refractivity contribution is 5.97. The Kier molecular flexibility index (Phi) is 4.15. The Hall–Kier alpha value is -2.12. The van der Waals surface area contributed by atoms with E-state index in [2.05, 4.69) is 10.3 Å². The number of hydrogen-bond acceptors (Lipinski definition) is 10. The maximum atomic E-state index is 12.1. The molecule has 0 bridgehead atoms. The third kappa shape index (κ3) is 2.45. The minimum Gasteiger partial charge on any atom is -0.394 e. The highest BCUT2D eigenvalue weighted by Crippen LogP contribution is 2.27. The number of nitrogen functional groups attached to an aromatic ring is 1. The Balaban J connectivity index is 2.47. The molecule has 12 heteroatoms. The molecular weight excluding hydrogens is 288 g/mol. The number of anilines is 1. The van der Waals surface area contributed by atoms with Crippen LogP contribution in [0.25, 0.3) is 0 Å². The van der Waals surface area contributed by atoms with Crippen LogP contribution in [0.1, 0.15) is 11.9 Å². The first kappa shape index (κ1) is 15.3. The zero-order chi connectivity index (χ0) is 15.7. The van der Waals surface area contributed by atoms with Gasteiger partial charge in [0.25, 0.3) is 5.56 Å². The molecule has 1 aromatic rings. The fourth-order valence-electron chi connectivity index (χ4n) is 1.94. The van der Waals surface area contributed by atoms with Crippen molar-refractivity contribution >= 4 is 11.5 Å². The van der Waals surface area contributed by atoms with Crippen molar-refractivity contribution in [1.82, 2.24) is 15.0 Å². The lowest BCUT2D eigenvalue weighted by atomic mass is 10.1. The highest BCUT2D eigenvalue weighted by Gasteiger charge is 2.44. The van der Waals surface area contributed by atoms with Gasteiger partial charge < -0.3 is 25.8 Å². The average molecular weight is 302 g/mol. The van der Waals surface area contributed by atoms with Gasteiger partial charge in [0, 0.05) is 0 Å². The van der Waals surface area contributed by atoms with Gasteiger partial charge in [-0.15, -0.1) is 5.10 Å². The van der Waals surface area contributed by atoms with Crippen molar-refractivity contribution in [2.75, 3.05) is 12.1 Å². The van der Waals surface area contributed by atoms with E-state index in [1.807, 2.05) is 0 Å². The molecule has 116 valence electrons. The van der Waals surface area contributed by atoms with Gasteiger partial charge in [-0.2, -0.15) is 4.68 Å². The van der Waals surface area contributed by atoms with Crippen LogP contribution in [0.2, 0.25) is 0 Å².